The van der Waals surface area contributed by atoms with Gasteiger partial charge in [-0.1, -0.05) is 61.9 Å². The van der Waals surface area contributed by atoms with Gasteiger partial charge in [0.1, 0.15) is 5.54 Å². The Morgan fingerprint density at radius 2 is 1.59 bits per heavy atom. The van der Waals surface area contributed by atoms with Crippen LogP contribution in [0.4, 0.5) is 0 Å². The number of carbonyl (C=O) groups is 2. The number of carbonyl (C=O) groups excluding carboxylic acids is 2. The number of hydrogen-bond donors (Lipinski definition) is 1. The summed E-state index contributed by atoms with van der Waals surface area (Å²) < 4.78 is 0. The largest absolute Gasteiger partial charge is 0.362 e. The van der Waals surface area contributed by atoms with Crippen molar-refractivity contribution in [2.45, 2.75) is 45.7 Å². The van der Waals surface area contributed by atoms with Crippen LogP contribution in [0.15, 0.2) is 60.7 Å². The van der Waals surface area contributed by atoms with Gasteiger partial charge in [-0.2, -0.15) is 0 Å². The first-order valence-electron chi connectivity index (χ1n) is 9.32. The molecule has 0 aliphatic rings. The molecule has 0 unspecified atom stereocenters. The molecule has 2 aromatic carbocycles. The lowest BCUT2D eigenvalue weighted by Gasteiger charge is -2.35. The zero-order valence-corrected chi connectivity index (χ0v) is 16.3. The van der Waals surface area contributed by atoms with Crippen molar-refractivity contribution < 1.29 is 14.4 Å². The Hall–Kier alpha value is -2.66. The molecule has 1 N–H and O–H groups in total. The first kappa shape index (κ1) is 20.6. The van der Waals surface area contributed by atoms with Crippen molar-refractivity contribution in [3.63, 3.8) is 0 Å². The number of hydrogen-bond acceptors (Lipinski definition) is 4. The fourth-order valence-electron chi connectivity index (χ4n) is 2.53. The van der Waals surface area contributed by atoms with E-state index in [0.29, 0.717) is 18.7 Å². The summed E-state index contributed by atoms with van der Waals surface area (Å²) in [5.41, 5.74) is 0.374. The summed E-state index contributed by atoms with van der Waals surface area (Å²) in [7, 11) is 0. The second-order valence-electron chi connectivity index (χ2n) is 6.94. The number of amides is 1. The Bertz CT molecular complexity index is 730. The van der Waals surface area contributed by atoms with Gasteiger partial charge in [-0.3, -0.25) is 4.79 Å². The average molecular weight is 368 g/mol. The Labute approximate surface area is 161 Å². The van der Waals surface area contributed by atoms with E-state index >= 15 is 0 Å². The van der Waals surface area contributed by atoms with Gasteiger partial charge in [0.05, 0.1) is 12.1 Å². The van der Waals surface area contributed by atoms with Crippen LogP contribution >= 0.6 is 0 Å². The van der Waals surface area contributed by atoms with Gasteiger partial charge >= 0.3 is 5.97 Å². The minimum atomic E-state index is -1.02. The number of unbranched alkanes of at least 4 members (excludes halogenated alkanes) is 1. The molecule has 0 aromatic heterocycles. The van der Waals surface area contributed by atoms with Gasteiger partial charge in [0.15, 0.2) is 0 Å². The van der Waals surface area contributed by atoms with Gasteiger partial charge in [0, 0.05) is 6.54 Å². The molecule has 0 atom stereocenters. The number of nitrogens with zero attached hydrogens (tertiary/aromatic N) is 1. The molecule has 0 aliphatic carbocycles. The number of hydroxylamine groups is 2. The lowest BCUT2D eigenvalue weighted by Crippen LogP contribution is -2.55. The molecule has 5 nitrogen and oxygen atoms in total. The van der Waals surface area contributed by atoms with Crippen LogP contribution in [0.5, 0.6) is 0 Å². The molecule has 0 aliphatic heterocycles. The Morgan fingerprint density at radius 1 is 1.00 bits per heavy atom. The highest BCUT2D eigenvalue weighted by Crippen LogP contribution is 2.20. The average Bonchev–Trinajstić information content (AvgIpc) is 2.69. The Balaban J connectivity index is 2.20. The molecule has 0 saturated carbocycles. The summed E-state index contributed by atoms with van der Waals surface area (Å²) in [4.78, 5) is 31.0. The molecule has 5 heteroatoms. The van der Waals surface area contributed by atoms with E-state index in [1.165, 1.54) is 5.06 Å². The van der Waals surface area contributed by atoms with E-state index in [9.17, 15) is 9.59 Å². The second kappa shape index (κ2) is 9.88. The maximum atomic E-state index is 12.7. The van der Waals surface area contributed by atoms with Crippen LogP contribution in [0.3, 0.4) is 0 Å². The lowest BCUT2D eigenvalue weighted by atomic mass is 10.0. The van der Waals surface area contributed by atoms with Crippen LogP contribution in [0.1, 0.15) is 49.5 Å². The van der Waals surface area contributed by atoms with Gasteiger partial charge in [-0.05, 0) is 38.0 Å². The topological polar surface area (TPSA) is 58.6 Å². The maximum Gasteiger partial charge on any atom is 0.357 e. The van der Waals surface area contributed by atoms with E-state index in [1.54, 1.807) is 38.1 Å². The van der Waals surface area contributed by atoms with Crippen molar-refractivity contribution >= 4 is 11.9 Å². The summed E-state index contributed by atoms with van der Waals surface area (Å²) in [5, 5.41) is 4.39. The molecule has 1 amide bonds. The molecular formula is C22H28N2O3. The summed E-state index contributed by atoms with van der Waals surface area (Å²) in [6, 6.07) is 18.4. The number of benzene rings is 2. The van der Waals surface area contributed by atoms with E-state index < -0.39 is 11.5 Å². The number of nitrogens with one attached hydrogen (secondary N) is 1. The molecule has 144 valence electrons. The zero-order valence-electron chi connectivity index (χ0n) is 16.3. The minimum absolute atomic E-state index is 0.173. The monoisotopic (exact) mass is 368 g/mol. The minimum Gasteiger partial charge on any atom is -0.362 e. The predicted molar refractivity (Wildman–Crippen MR) is 106 cm³/mol. The predicted octanol–water partition coefficient (Wildman–Crippen LogP) is 3.96. The second-order valence-corrected chi connectivity index (χ2v) is 6.94. The highest BCUT2D eigenvalue weighted by molar-refractivity contribution is 5.90. The van der Waals surface area contributed by atoms with Gasteiger partial charge < -0.3 is 10.2 Å². The highest BCUT2D eigenvalue weighted by Gasteiger charge is 2.37. The molecule has 27 heavy (non-hydrogen) atoms. The molecule has 0 bridgehead atoms. The smallest absolute Gasteiger partial charge is 0.357 e. The van der Waals surface area contributed by atoms with Crippen LogP contribution in [0.2, 0.25) is 0 Å². The zero-order chi connectivity index (χ0) is 19.7. The molecule has 0 saturated heterocycles. The summed E-state index contributed by atoms with van der Waals surface area (Å²) in [6.45, 7) is 6.50. The third kappa shape index (κ3) is 5.93. The molecule has 0 fully saturated rings. The van der Waals surface area contributed by atoms with E-state index in [1.807, 2.05) is 36.4 Å². The number of rotatable bonds is 9. The van der Waals surface area contributed by atoms with Crippen molar-refractivity contribution in [1.82, 2.24) is 10.4 Å². The third-order valence-corrected chi connectivity index (χ3v) is 4.37. The lowest BCUT2D eigenvalue weighted by molar-refractivity contribution is -0.184. The quantitative estimate of drug-likeness (QED) is 0.538. The van der Waals surface area contributed by atoms with E-state index in [-0.39, 0.29) is 5.91 Å². The van der Waals surface area contributed by atoms with Crippen LogP contribution in [-0.2, 0) is 16.2 Å². The van der Waals surface area contributed by atoms with Gasteiger partial charge in [-0.15, -0.1) is 5.06 Å². The van der Waals surface area contributed by atoms with Gasteiger partial charge in [0.25, 0.3) is 0 Å². The van der Waals surface area contributed by atoms with Crippen molar-refractivity contribution in [1.29, 1.82) is 0 Å². The van der Waals surface area contributed by atoms with Crippen molar-refractivity contribution in [3.05, 3.63) is 71.8 Å². The molecular weight excluding hydrogens is 340 g/mol. The standard InChI is InChI=1S/C22H28N2O3/c1-4-5-16-23-21(26)22(2,3)24(17-18-12-8-6-9-13-18)27-20(25)19-14-10-7-11-15-19/h6-15H,4-5,16-17H2,1-3H3,(H,23,26). The fourth-order valence-corrected chi connectivity index (χ4v) is 2.53. The Kier molecular flexibility index (Phi) is 7.55. The van der Waals surface area contributed by atoms with Gasteiger partial charge in [0.2, 0.25) is 5.91 Å². The normalized spacial score (nSPS) is 11.3. The van der Waals surface area contributed by atoms with Crippen molar-refractivity contribution in [2.75, 3.05) is 6.54 Å². The summed E-state index contributed by atoms with van der Waals surface area (Å²) in [5.74, 6) is -0.659. The fraction of sp³-hybridized carbons (Fsp3) is 0.364. The van der Waals surface area contributed by atoms with Crippen molar-refractivity contribution in [2.24, 2.45) is 0 Å². The van der Waals surface area contributed by atoms with E-state index in [0.717, 1.165) is 18.4 Å². The van der Waals surface area contributed by atoms with E-state index in [4.69, 9.17) is 4.84 Å². The Morgan fingerprint density at radius 3 is 2.19 bits per heavy atom. The molecule has 0 spiro atoms. The van der Waals surface area contributed by atoms with Crippen LogP contribution < -0.4 is 5.32 Å². The molecule has 0 radical (unpaired) electrons. The highest BCUT2D eigenvalue weighted by atomic mass is 16.7. The van der Waals surface area contributed by atoms with Crippen molar-refractivity contribution in [3.8, 4) is 0 Å². The SMILES string of the molecule is CCCCNC(=O)C(C)(C)N(Cc1ccccc1)OC(=O)c1ccccc1. The molecule has 2 aromatic rings. The van der Waals surface area contributed by atoms with Gasteiger partial charge in [-0.25, -0.2) is 4.79 Å². The molecule has 2 rings (SSSR count). The third-order valence-electron chi connectivity index (χ3n) is 4.37. The molecule has 0 heterocycles. The summed E-state index contributed by atoms with van der Waals surface area (Å²) >= 11 is 0. The first-order chi connectivity index (χ1) is 12.9. The maximum absolute atomic E-state index is 12.7. The first-order valence-corrected chi connectivity index (χ1v) is 9.32. The summed E-state index contributed by atoms with van der Waals surface area (Å²) in [6.07, 6.45) is 1.90. The van der Waals surface area contributed by atoms with Crippen LogP contribution in [-0.4, -0.2) is 29.0 Å². The van der Waals surface area contributed by atoms with Crippen LogP contribution in [0, 0.1) is 0 Å². The van der Waals surface area contributed by atoms with E-state index in [2.05, 4.69) is 12.2 Å². The van der Waals surface area contributed by atoms with Crippen LogP contribution in [0.25, 0.3) is 0 Å².